The molecule has 1 aromatic rings. The van der Waals surface area contributed by atoms with Crippen molar-refractivity contribution in [3.63, 3.8) is 0 Å². The summed E-state index contributed by atoms with van der Waals surface area (Å²) in [5.41, 5.74) is 0.993. The van der Waals surface area contributed by atoms with E-state index in [0.29, 0.717) is 0 Å². The first kappa shape index (κ1) is 15.2. The first-order valence-corrected chi connectivity index (χ1v) is 7.19. The highest BCUT2D eigenvalue weighted by Crippen LogP contribution is 2.15. The second kappa shape index (κ2) is 6.33. The third kappa shape index (κ3) is 4.37. The predicted molar refractivity (Wildman–Crippen MR) is 73.3 cm³/mol. The van der Waals surface area contributed by atoms with E-state index in [1.165, 1.54) is 25.1 Å². The van der Waals surface area contributed by atoms with Crippen molar-refractivity contribution in [2.45, 2.75) is 18.7 Å². The zero-order valence-electron chi connectivity index (χ0n) is 10.9. The molecule has 0 spiro atoms. The molecular weight excluding hydrogens is 264 g/mol. The van der Waals surface area contributed by atoms with Crippen molar-refractivity contribution in [3.05, 3.63) is 53.5 Å². The maximum atomic E-state index is 12.0. The lowest BCUT2D eigenvalue weighted by Crippen LogP contribution is -2.08. The average molecular weight is 280 g/mol. The van der Waals surface area contributed by atoms with Crippen LogP contribution in [0.1, 0.15) is 12.5 Å². The SMILES string of the molecule is C=CCOC(=O)/C(C)=C/S(=O)(=O)c1ccc(C)cc1. The maximum absolute atomic E-state index is 12.0. The van der Waals surface area contributed by atoms with Crippen LogP contribution in [0.25, 0.3) is 0 Å². The number of hydrogen-bond donors (Lipinski definition) is 0. The molecule has 0 fully saturated rings. The van der Waals surface area contributed by atoms with E-state index in [2.05, 4.69) is 6.58 Å². The summed E-state index contributed by atoms with van der Waals surface area (Å²) < 4.78 is 28.8. The van der Waals surface area contributed by atoms with E-state index in [4.69, 9.17) is 4.74 Å². The first-order valence-electron chi connectivity index (χ1n) is 5.65. The van der Waals surface area contributed by atoms with Gasteiger partial charge in [-0.05, 0) is 26.0 Å². The summed E-state index contributed by atoms with van der Waals surface area (Å²) in [6, 6.07) is 6.41. The van der Waals surface area contributed by atoms with Crippen molar-refractivity contribution in [1.82, 2.24) is 0 Å². The number of ether oxygens (including phenoxy) is 1. The summed E-state index contributed by atoms with van der Waals surface area (Å²) in [5, 5.41) is 0.920. The number of benzene rings is 1. The van der Waals surface area contributed by atoms with Crippen molar-refractivity contribution >= 4 is 15.8 Å². The fraction of sp³-hybridized carbons (Fsp3) is 0.214. The number of rotatable bonds is 5. The van der Waals surface area contributed by atoms with E-state index in [9.17, 15) is 13.2 Å². The molecule has 19 heavy (non-hydrogen) atoms. The van der Waals surface area contributed by atoms with E-state index >= 15 is 0 Å². The minimum atomic E-state index is -3.64. The molecule has 0 amide bonds. The van der Waals surface area contributed by atoms with E-state index in [-0.39, 0.29) is 17.1 Å². The number of esters is 1. The molecule has 0 radical (unpaired) electrons. The van der Waals surface area contributed by atoms with Gasteiger partial charge in [0.2, 0.25) is 0 Å². The molecular formula is C14H16O4S. The second-order valence-electron chi connectivity index (χ2n) is 4.05. The van der Waals surface area contributed by atoms with Gasteiger partial charge in [-0.15, -0.1) is 0 Å². The smallest absolute Gasteiger partial charge is 0.334 e. The summed E-state index contributed by atoms with van der Waals surface area (Å²) in [7, 11) is -3.64. The number of carbonyl (C=O) groups is 1. The van der Waals surface area contributed by atoms with Crippen molar-refractivity contribution in [2.75, 3.05) is 6.61 Å². The van der Waals surface area contributed by atoms with Crippen LogP contribution in [0, 0.1) is 6.92 Å². The van der Waals surface area contributed by atoms with Crippen LogP contribution in [-0.2, 0) is 19.4 Å². The summed E-state index contributed by atoms with van der Waals surface area (Å²) in [4.78, 5) is 11.6. The van der Waals surface area contributed by atoms with E-state index in [1.807, 2.05) is 6.92 Å². The van der Waals surface area contributed by atoms with Crippen molar-refractivity contribution in [3.8, 4) is 0 Å². The summed E-state index contributed by atoms with van der Waals surface area (Å²) in [6.07, 6.45) is 1.42. The molecule has 0 aliphatic rings. The third-order valence-electron chi connectivity index (χ3n) is 2.34. The Bertz CT molecular complexity index is 595. The Hall–Kier alpha value is -1.88. The number of aryl methyl sites for hydroxylation is 1. The molecule has 0 saturated heterocycles. The Balaban J connectivity index is 2.98. The second-order valence-corrected chi connectivity index (χ2v) is 5.84. The Labute approximate surface area is 113 Å². The molecule has 0 aliphatic carbocycles. The van der Waals surface area contributed by atoms with Crippen LogP contribution in [0.4, 0.5) is 0 Å². The molecule has 0 aliphatic heterocycles. The highest BCUT2D eigenvalue weighted by molar-refractivity contribution is 7.94. The number of carbonyl (C=O) groups excluding carboxylic acids is 1. The molecule has 0 aromatic heterocycles. The molecule has 102 valence electrons. The molecule has 0 unspecified atom stereocenters. The van der Waals surface area contributed by atoms with Crippen molar-refractivity contribution in [2.24, 2.45) is 0 Å². The van der Waals surface area contributed by atoms with Gasteiger partial charge in [-0.3, -0.25) is 0 Å². The summed E-state index contributed by atoms with van der Waals surface area (Å²) >= 11 is 0. The standard InChI is InChI=1S/C14H16O4S/c1-4-9-18-14(15)12(3)10-19(16,17)13-7-5-11(2)6-8-13/h4-8,10H,1,9H2,2-3H3/b12-10+. The highest BCUT2D eigenvalue weighted by Gasteiger charge is 2.14. The Kier molecular flexibility index (Phi) is 5.06. The monoisotopic (exact) mass is 280 g/mol. The molecule has 0 saturated carbocycles. The van der Waals surface area contributed by atoms with E-state index in [0.717, 1.165) is 11.0 Å². The van der Waals surface area contributed by atoms with Gasteiger partial charge in [-0.2, -0.15) is 0 Å². The molecule has 5 heteroatoms. The minimum absolute atomic E-state index is 0.0300. The average Bonchev–Trinajstić information content (AvgIpc) is 2.35. The Morgan fingerprint density at radius 3 is 2.42 bits per heavy atom. The zero-order chi connectivity index (χ0) is 14.5. The van der Waals surface area contributed by atoms with Gasteiger partial charge in [0, 0.05) is 11.0 Å². The van der Waals surface area contributed by atoms with Gasteiger partial charge in [-0.1, -0.05) is 30.4 Å². The van der Waals surface area contributed by atoms with E-state index in [1.54, 1.807) is 12.1 Å². The van der Waals surface area contributed by atoms with Crippen LogP contribution in [0.3, 0.4) is 0 Å². The van der Waals surface area contributed by atoms with Gasteiger partial charge in [0.25, 0.3) is 0 Å². The molecule has 0 N–H and O–H groups in total. The molecule has 1 rings (SSSR count). The fourth-order valence-corrected chi connectivity index (χ4v) is 2.54. The van der Waals surface area contributed by atoms with Crippen LogP contribution >= 0.6 is 0 Å². The van der Waals surface area contributed by atoms with Gasteiger partial charge in [0.05, 0.1) is 4.90 Å². The topological polar surface area (TPSA) is 60.4 Å². The minimum Gasteiger partial charge on any atom is -0.458 e. The quantitative estimate of drug-likeness (QED) is 0.472. The third-order valence-corrected chi connectivity index (χ3v) is 3.93. The molecule has 0 bridgehead atoms. The molecule has 0 heterocycles. The van der Waals surface area contributed by atoms with E-state index < -0.39 is 15.8 Å². The lowest BCUT2D eigenvalue weighted by atomic mass is 10.2. The number of sulfone groups is 1. The zero-order valence-corrected chi connectivity index (χ0v) is 11.7. The normalized spacial score (nSPS) is 12.0. The molecule has 1 aromatic carbocycles. The fourth-order valence-electron chi connectivity index (χ4n) is 1.33. The van der Waals surface area contributed by atoms with Gasteiger partial charge in [0.1, 0.15) is 6.61 Å². The van der Waals surface area contributed by atoms with Crippen molar-refractivity contribution in [1.29, 1.82) is 0 Å². The Morgan fingerprint density at radius 1 is 1.32 bits per heavy atom. The van der Waals surface area contributed by atoms with Gasteiger partial charge < -0.3 is 4.74 Å². The van der Waals surface area contributed by atoms with Crippen LogP contribution < -0.4 is 0 Å². The maximum Gasteiger partial charge on any atom is 0.334 e. The van der Waals surface area contributed by atoms with Gasteiger partial charge >= 0.3 is 5.97 Å². The highest BCUT2D eigenvalue weighted by atomic mass is 32.2. The summed E-state index contributed by atoms with van der Waals surface area (Å²) in [5.74, 6) is -0.671. The largest absolute Gasteiger partial charge is 0.458 e. The molecule has 0 atom stereocenters. The van der Waals surface area contributed by atoms with Gasteiger partial charge in [-0.25, -0.2) is 13.2 Å². The molecule has 4 nitrogen and oxygen atoms in total. The summed E-state index contributed by atoms with van der Waals surface area (Å²) in [6.45, 7) is 6.72. The lowest BCUT2D eigenvalue weighted by Gasteiger charge is -2.03. The Morgan fingerprint density at radius 2 is 1.89 bits per heavy atom. The lowest BCUT2D eigenvalue weighted by molar-refractivity contribution is -0.137. The van der Waals surface area contributed by atoms with Gasteiger partial charge in [0.15, 0.2) is 9.84 Å². The van der Waals surface area contributed by atoms with Crippen molar-refractivity contribution < 1.29 is 17.9 Å². The number of hydrogen-bond acceptors (Lipinski definition) is 4. The predicted octanol–water partition coefficient (Wildman–Crippen LogP) is 2.40. The first-order chi connectivity index (χ1) is 8.86. The van der Waals surface area contributed by atoms with Crippen LogP contribution in [0.2, 0.25) is 0 Å². The van der Waals surface area contributed by atoms with Crippen LogP contribution in [0.15, 0.2) is 52.8 Å². The van der Waals surface area contributed by atoms with Crippen LogP contribution in [0.5, 0.6) is 0 Å². The van der Waals surface area contributed by atoms with Crippen LogP contribution in [-0.4, -0.2) is 21.0 Å².